The SMILES string of the molecule is CC(C)(C)c1ccc(Oc2nc3ccccn3c(=O)c2C=O)cc1. The fourth-order valence-electron chi connectivity index (χ4n) is 2.40. The van der Waals surface area contributed by atoms with Crippen LogP contribution in [0.1, 0.15) is 36.7 Å². The lowest BCUT2D eigenvalue weighted by atomic mass is 9.87. The van der Waals surface area contributed by atoms with Crippen LogP contribution >= 0.6 is 0 Å². The molecule has 0 aliphatic rings. The molecule has 0 fully saturated rings. The van der Waals surface area contributed by atoms with Crippen LogP contribution in [0.3, 0.4) is 0 Å². The Bertz CT molecular complexity index is 951. The van der Waals surface area contributed by atoms with Gasteiger partial charge in [0.25, 0.3) is 5.56 Å². The molecule has 0 spiro atoms. The van der Waals surface area contributed by atoms with Crippen LogP contribution in [0.4, 0.5) is 0 Å². The average molecular weight is 322 g/mol. The summed E-state index contributed by atoms with van der Waals surface area (Å²) < 4.78 is 7.02. The molecule has 0 aliphatic carbocycles. The number of rotatable bonds is 3. The highest BCUT2D eigenvalue weighted by Gasteiger charge is 2.16. The summed E-state index contributed by atoms with van der Waals surface area (Å²) in [6.45, 7) is 6.37. The number of aldehydes is 1. The van der Waals surface area contributed by atoms with Gasteiger partial charge in [0.1, 0.15) is 17.0 Å². The van der Waals surface area contributed by atoms with Gasteiger partial charge in [0.2, 0.25) is 5.88 Å². The van der Waals surface area contributed by atoms with E-state index < -0.39 is 5.56 Å². The fraction of sp³-hybridized carbons (Fsp3) is 0.211. The maximum Gasteiger partial charge on any atom is 0.272 e. The molecule has 122 valence electrons. The van der Waals surface area contributed by atoms with Crippen molar-refractivity contribution in [3.63, 3.8) is 0 Å². The van der Waals surface area contributed by atoms with Crippen molar-refractivity contribution in [3.8, 4) is 11.6 Å². The van der Waals surface area contributed by atoms with Gasteiger partial charge < -0.3 is 4.74 Å². The van der Waals surface area contributed by atoms with E-state index in [1.165, 1.54) is 4.40 Å². The average Bonchev–Trinajstić information content (AvgIpc) is 2.55. The maximum absolute atomic E-state index is 12.4. The number of ether oxygens (including phenoxy) is 1. The lowest BCUT2D eigenvalue weighted by Crippen LogP contribution is -2.20. The summed E-state index contributed by atoms with van der Waals surface area (Å²) in [6.07, 6.45) is 2.05. The molecule has 0 N–H and O–H groups in total. The summed E-state index contributed by atoms with van der Waals surface area (Å²) in [4.78, 5) is 28.0. The van der Waals surface area contributed by atoms with Crippen molar-refractivity contribution in [1.82, 2.24) is 9.38 Å². The zero-order valence-corrected chi connectivity index (χ0v) is 13.8. The van der Waals surface area contributed by atoms with Crippen molar-refractivity contribution in [1.29, 1.82) is 0 Å². The van der Waals surface area contributed by atoms with Gasteiger partial charge in [0.05, 0.1) is 0 Å². The van der Waals surface area contributed by atoms with Crippen molar-refractivity contribution in [2.24, 2.45) is 0 Å². The molecule has 5 nitrogen and oxygen atoms in total. The molecule has 0 atom stereocenters. The van der Waals surface area contributed by atoms with Crippen LogP contribution in [-0.2, 0) is 5.41 Å². The summed E-state index contributed by atoms with van der Waals surface area (Å²) in [7, 11) is 0. The Morgan fingerprint density at radius 3 is 2.42 bits per heavy atom. The third-order valence-corrected chi connectivity index (χ3v) is 3.79. The molecule has 2 heterocycles. The number of hydrogen-bond donors (Lipinski definition) is 0. The predicted octanol–water partition coefficient (Wildman–Crippen LogP) is 3.60. The van der Waals surface area contributed by atoms with E-state index in [1.807, 2.05) is 24.3 Å². The molecule has 0 saturated carbocycles. The monoisotopic (exact) mass is 322 g/mol. The van der Waals surface area contributed by atoms with Crippen LogP contribution in [0.25, 0.3) is 5.65 Å². The minimum absolute atomic E-state index is 0.0182. The van der Waals surface area contributed by atoms with Crippen molar-refractivity contribution >= 4 is 11.9 Å². The lowest BCUT2D eigenvalue weighted by Gasteiger charge is -2.19. The fourth-order valence-corrected chi connectivity index (χ4v) is 2.40. The Balaban J connectivity index is 2.04. The molecule has 5 heteroatoms. The third-order valence-electron chi connectivity index (χ3n) is 3.79. The largest absolute Gasteiger partial charge is 0.438 e. The highest BCUT2D eigenvalue weighted by molar-refractivity contribution is 5.78. The van der Waals surface area contributed by atoms with Gasteiger partial charge in [0.15, 0.2) is 6.29 Å². The van der Waals surface area contributed by atoms with Crippen LogP contribution in [0.2, 0.25) is 0 Å². The van der Waals surface area contributed by atoms with E-state index in [2.05, 4.69) is 25.8 Å². The van der Waals surface area contributed by atoms with Gasteiger partial charge in [0, 0.05) is 6.20 Å². The van der Waals surface area contributed by atoms with Crippen LogP contribution in [0, 0.1) is 0 Å². The van der Waals surface area contributed by atoms with Crippen molar-refractivity contribution in [2.45, 2.75) is 26.2 Å². The molecular formula is C19H18N2O3. The summed E-state index contributed by atoms with van der Waals surface area (Å²) >= 11 is 0. The molecule has 0 unspecified atom stereocenters. The first-order valence-electron chi connectivity index (χ1n) is 7.65. The van der Waals surface area contributed by atoms with Gasteiger partial charge in [-0.1, -0.05) is 39.0 Å². The van der Waals surface area contributed by atoms with E-state index in [9.17, 15) is 9.59 Å². The number of carbonyl (C=O) groups is 1. The van der Waals surface area contributed by atoms with E-state index in [1.54, 1.807) is 24.4 Å². The highest BCUT2D eigenvalue weighted by Crippen LogP contribution is 2.27. The summed E-state index contributed by atoms with van der Waals surface area (Å²) in [6, 6.07) is 12.7. The van der Waals surface area contributed by atoms with Crippen LogP contribution in [0.15, 0.2) is 53.5 Å². The topological polar surface area (TPSA) is 60.7 Å². The van der Waals surface area contributed by atoms with Crippen LogP contribution in [0.5, 0.6) is 11.6 Å². The van der Waals surface area contributed by atoms with Crippen molar-refractivity contribution < 1.29 is 9.53 Å². The normalized spacial score (nSPS) is 11.5. The standard InChI is InChI=1S/C19H18N2O3/c1-19(2,3)13-7-9-14(10-8-13)24-17-15(12-22)18(23)21-11-5-4-6-16(21)20-17/h4-12H,1-3H3. The van der Waals surface area contributed by atoms with Gasteiger partial charge in [-0.2, -0.15) is 4.98 Å². The summed E-state index contributed by atoms with van der Waals surface area (Å²) in [5.74, 6) is 0.544. The first-order chi connectivity index (χ1) is 11.4. The quantitative estimate of drug-likeness (QED) is 0.691. The molecule has 0 amide bonds. The Kier molecular flexibility index (Phi) is 3.93. The van der Waals surface area contributed by atoms with Crippen LogP contribution < -0.4 is 10.3 Å². The number of fused-ring (bicyclic) bond motifs is 1. The van der Waals surface area contributed by atoms with Gasteiger partial charge in [-0.25, -0.2) is 0 Å². The molecule has 0 aliphatic heterocycles. The predicted molar refractivity (Wildman–Crippen MR) is 92.1 cm³/mol. The number of hydrogen-bond acceptors (Lipinski definition) is 4. The van der Waals surface area contributed by atoms with E-state index in [-0.39, 0.29) is 16.9 Å². The summed E-state index contributed by atoms with van der Waals surface area (Å²) in [5, 5.41) is 0. The minimum atomic E-state index is -0.447. The number of benzene rings is 1. The van der Waals surface area contributed by atoms with E-state index >= 15 is 0 Å². The second-order valence-corrected chi connectivity index (χ2v) is 6.56. The number of nitrogens with zero attached hydrogens (tertiary/aromatic N) is 2. The number of pyridine rings is 1. The molecule has 0 radical (unpaired) electrons. The molecule has 24 heavy (non-hydrogen) atoms. The molecule has 3 aromatic rings. The van der Waals surface area contributed by atoms with Crippen LogP contribution in [-0.4, -0.2) is 15.7 Å². The van der Waals surface area contributed by atoms with E-state index in [4.69, 9.17) is 4.74 Å². The second-order valence-electron chi connectivity index (χ2n) is 6.56. The summed E-state index contributed by atoms with van der Waals surface area (Å²) in [5.41, 5.74) is 1.08. The molecule has 0 saturated heterocycles. The molecule has 3 rings (SSSR count). The Labute approximate surface area is 139 Å². The first-order valence-corrected chi connectivity index (χ1v) is 7.65. The first kappa shape index (κ1) is 15.9. The number of carbonyl (C=O) groups excluding carboxylic acids is 1. The third kappa shape index (κ3) is 2.93. The molecule has 0 bridgehead atoms. The van der Waals surface area contributed by atoms with Crippen molar-refractivity contribution in [2.75, 3.05) is 0 Å². The van der Waals surface area contributed by atoms with Gasteiger partial charge in [-0.05, 0) is 35.2 Å². The highest BCUT2D eigenvalue weighted by atomic mass is 16.5. The second kappa shape index (κ2) is 5.92. The van der Waals surface area contributed by atoms with Gasteiger partial charge in [-0.15, -0.1) is 0 Å². The Morgan fingerprint density at radius 2 is 1.79 bits per heavy atom. The van der Waals surface area contributed by atoms with Gasteiger partial charge >= 0.3 is 0 Å². The number of aromatic nitrogens is 2. The lowest BCUT2D eigenvalue weighted by molar-refractivity contribution is 0.111. The Morgan fingerprint density at radius 1 is 1.08 bits per heavy atom. The van der Waals surface area contributed by atoms with E-state index in [0.29, 0.717) is 17.7 Å². The van der Waals surface area contributed by atoms with Gasteiger partial charge in [-0.3, -0.25) is 14.0 Å². The smallest absolute Gasteiger partial charge is 0.272 e. The molecule has 2 aromatic heterocycles. The Hall–Kier alpha value is -2.95. The molecular weight excluding hydrogens is 304 g/mol. The van der Waals surface area contributed by atoms with E-state index in [0.717, 1.165) is 5.56 Å². The van der Waals surface area contributed by atoms with Crippen molar-refractivity contribution in [3.05, 3.63) is 70.1 Å². The minimum Gasteiger partial charge on any atom is -0.438 e. The maximum atomic E-state index is 12.4. The zero-order chi connectivity index (χ0) is 17.3. The molecule has 1 aromatic carbocycles. The zero-order valence-electron chi connectivity index (χ0n) is 13.8.